The molecule has 0 saturated carbocycles. The van der Waals surface area contributed by atoms with Crippen molar-refractivity contribution in [2.45, 2.75) is 25.4 Å². The molecule has 0 saturated heterocycles. The number of ether oxygens (including phenoxy) is 2. The smallest absolute Gasteiger partial charge is 0.255 e. The number of carbonyl (C=O) groups excluding carboxylic acids is 1. The van der Waals surface area contributed by atoms with Crippen LogP contribution in [0.25, 0.3) is 0 Å². The molecule has 2 aromatic carbocycles. The molecule has 0 aliphatic carbocycles. The number of anilines is 2. The molecule has 1 amide bonds. The molecule has 3 aliphatic rings. The largest absolute Gasteiger partial charge is 0.454 e. The summed E-state index contributed by atoms with van der Waals surface area (Å²) >= 11 is 0. The fourth-order valence-electron chi connectivity index (χ4n) is 4.15. The van der Waals surface area contributed by atoms with Gasteiger partial charge < -0.3 is 25.0 Å². The molecule has 5 rings (SSSR count). The van der Waals surface area contributed by atoms with Gasteiger partial charge in [-0.3, -0.25) is 4.79 Å². The molecule has 26 heavy (non-hydrogen) atoms. The van der Waals surface area contributed by atoms with Crippen molar-refractivity contribution in [2.24, 2.45) is 0 Å². The molecule has 2 aromatic rings. The second kappa shape index (κ2) is 5.30. The molecule has 6 heteroatoms. The lowest BCUT2D eigenvalue weighted by atomic mass is 9.87. The number of rotatable bonds is 2. The van der Waals surface area contributed by atoms with E-state index in [0.717, 1.165) is 12.2 Å². The monoisotopic (exact) mass is 351 g/mol. The first-order valence-corrected chi connectivity index (χ1v) is 8.87. The lowest BCUT2D eigenvalue weighted by Gasteiger charge is -2.32. The van der Waals surface area contributed by atoms with Gasteiger partial charge in [0, 0.05) is 23.7 Å². The molecular formula is C20H21N3O3. The zero-order chi connectivity index (χ0) is 17.9. The van der Waals surface area contributed by atoms with Crippen molar-refractivity contribution >= 4 is 17.3 Å². The van der Waals surface area contributed by atoms with Crippen LogP contribution in [0.4, 0.5) is 11.4 Å². The van der Waals surface area contributed by atoms with E-state index in [4.69, 9.17) is 9.47 Å². The van der Waals surface area contributed by atoms with E-state index in [1.807, 2.05) is 6.07 Å². The Morgan fingerprint density at radius 3 is 2.77 bits per heavy atom. The number of amides is 1. The van der Waals surface area contributed by atoms with Crippen LogP contribution in [-0.4, -0.2) is 32.0 Å². The van der Waals surface area contributed by atoms with E-state index in [1.54, 1.807) is 6.07 Å². The summed E-state index contributed by atoms with van der Waals surface area (Å²) in [6.45, 7) is 6.33. The van der Waals surface area contributed by atoms with E-state index in [1.165, 1.54) is 11.3 Å². The average Bonchev–Trinajstić information content (AvgIpc) is 3.16. The summed E-state index contributed by atoms with van der Waals surface area (Å²) in [5, 5.41) is 6.49. The summed E-state index contributed by atoms with van der Waals surface area (Å²) in [6.07, 6.45) is -0.169. The first-order chi connectivity index (χ1) is 12.5. The molecule has 134 valence electrons. The van der Waals surface area contributed by atoms with E-state index in [0.29, 0.717) is 23.6 Å². The zero-order valence-corrected chi connectivity index (χ0v) is 14.8. The van der Waals surface area contributed by atoms with Crippen molar-refractivity contribution in [3.63, 3.8) is 0 Å². The van der Waals surface area contributed by atoms with Gasteiger partial charge in [-0.25, -0.2) is 0 Å². The fraction of sp³-hybridized carbons (Fsp3) is 0.350. The molecule has 3 heterocycles. The summed E-state index contributed by atoms with van der Waals surface area (Å²) in [6, 6.07) is 12.1. The van der Waals surface area contributed by atoms with Gasteiger partial charge in [0.25, 0.3) is 5.91 Å². The number of nitrogens with one attached hydrogen (secondary N) is 2. The van der Waals surface area contributed by atoms with Crippen LogP contribution in [0.2, 0.25) is 0 Å². The number of hydrogen-bond donors (Lipinski definition) is 2. The maximum absolute atomic E-state index is 12.6. The number of hydrogen-bond acceptors (Lipinski definition) is 5. The molecule has 1 atom stereocenters. The third-order valence-corrected chi connectivity index (χ3v) is 5.36. The van der Waals surface area contributed by atoms with Crippen LogP contribution in [0, 0.1) is 0 Å². The average molecular weight is 351 g/mol. The summed E-state index contributed by atoms with van der Waals surface area (Å²) in [4.78, 5) is 14.9. The van der Waals surface area contributed by atoms with Crippen LogP contribution in [0.5, 0.6) is 11.5 Å². The Morgan fingerprint density at radius 1 is 1.15 bits per heavy atom. The summed E-state index contributed by atoms with van der Waals surface area (Å²) < 4.78 is 10.8. The molecule has 0 spiro atoms. The van der Waals surface area contributed by atoms with Gasteiger partial charge in [-0.1, -0.05) is 32.0 Å². The number of benzene rings is 2. The summed E-state index contributed by atoms with van der Waals surface area (Å²) in [5.41, 5.74) is 4.07. The Kier molecular flexibility index (Phi) is 3.13. The SMILES string of the molecule is CC1(C)CN(CC2NC(=O)c3cc4c(cc3N2)OCO4)c2ccccc21. The van der Waals surface area contributed by atoms with Gasteiger partial charge >= 0.3 is 0 Å². The van der Waals surface area contributed by atoms with Crippen molar-refractivity contribution in [1.29, 1.82) is 0 Å². The van der Waals surface area contributed by atoms with Crippen LogP contribution in [0.15, 0.2) is 36.4 Å². The lowest BCUT2D eigenvalue weighted by Crippen LogP contribution is -2.51. The summed E-state index contributed by atoms with van der Waals surface area (Å²) in [7, 11) is 0. The van der Waals surface area contributed by atoms with Gasteiger partial charge in [0.2, 0.25) is 6.79 Å². The molecule has 0 bridgehead atoms. The van der Waals surface area contributed by atoms with Crippen LogP contribution < -0.4 is 25.0 Å². The number of fused-ring (bicyclic) bond motifs is 3. The van der Waals surface area contributed by atoms with E-state index < -0.39 is 0 Å². The number of carbonyl (C=O) groups is 1. The second-order valence-corrected chi connectivity index (χ2v) is 7.70. The standard InChI is InChI=1S/C20H21N3O3/c1-20(2)10-23(15-6-4-3-5-13(15)20)9-18-21-14-8-17-16(25-11-26-17)7-12(14)19(24)22-18/h3-8,18,21H,9-11H2,1-2H3,(H,22,24). The predicted molar refractivity (Wildman–Crippen MR) is 99.1 cm³/mol. The first kappa shape index (κ1) is 15.4. The zero-order valence-electron chi connectivity index (χ0n) is 14.8. The van der Waals surface area contributed by atoms with Crippen molar-refractivity contribution < 1.29 is 14.3 Å². The van der Waals surface area contributed by atoms with Crippen LogP contribution in [0.3, 0.4) is 0 Å². The molecule has 3 aliphatic heterocycles. The van der Waals surface area contributed by atoms with Crippen LogP contribution in [0.1, 0.15) is 29.8 Å². The molecular weight excluding hydrogens is 330 g/mol. The minimum Gasteiger partial charge on any atom is -0.454 e. The number of nitrogens with zero attached hydrogens (tertiary/aromatic N) is 1. The van der Waals surface area contributed by atoms with Crippen LogP contribution in [-0.2, 0) is 5.41 Å². The van der Waals surface area contributed by atoms with E-state index in [2.05, 4.69) is 53.6 Å². The quantitative estimate of drug-likeness (QED) is 0.871. The molecule has 0 aromatic heterocycles. The lowest BCUT2D eigenvalue weighted by molar-refractivity contribution is 0.0936. The second-order valence-electron chi connectivity index (χ2n) is 7.70. The van der Waals surface area contributed by atoms with Gasteiger partial charge in [-0.05, 0) is 17.7 Å². The van der Waals surface area contributed by atoms with Crippen molar-refractivity contribution in [1.82, 2.24) is 5.32 Å². The molecule has 0 radical (unpaired) electrons. The predicted octanol–water partition coefficient (Wildman–Crippen LogP) is 2.69. The fourth-order valence-corrected chi connectivity index (χ4v) is 4.15. The maximum Gasteiger partial charge on any atom is 0.255 e. The highest BCUT2D eigenvalue weighted by atomic mass is 16.7. The number of para-hydroxylation sites is 1. The van der Waals surface area contributed by atoms with Gasteiger partial charge in [-0.15, -0.1) is 0 Å². The van der Waals surface area contributed by atoms with Crippen molar-refractivity contribution in [3.05, 3.63) is 47.5 Å². The topological polar surface area (TPSA) is 62.8 Å². The maximum atomic E-state index is 12.6. The Balaban J connectivity index is 1.41. The minimum atomic E-state index is -0.169. The summed E-state index contributed by atoms with van der Waals surface area (Å²) in [5.74, 6) is 1.21. The van der Waals surface area contributed by atoms with E-state index in [9.17, 15) is 4.79 Å². The highest BCUT2D eigenvalue weighted by Crippen LogP contribution is 2.41. The van der Waals surface area contributed by atoms with Gasteiger partial charge in [-0.2, -0.15) is 0 Å². The molecule has 1 unspecified atom stereocenters. The Bertz CT molecular complexity index is 909. The Morgan fingerprint density at radius 2 is 1.92 bits per heavy atom. The third-order valence-electron chi connectivity index (χ3n) is 5.36. The van der Waals surface area contributed by atoms with Crippen molar-refractivity contribution in [2.75, 3.05) is 30.1 Å². The Labute approximate surface area is 152 Å². The minimum absolute atomic E-state index is 0.0891. The van der Waals surface area contributed by atoms with Gasteiger partial charge in [0.05, 0.1) is 17.8 Å². The normalized spacial score (nSPS) is 21.7. The van der Waals surface area contributed by atoms with E-state index >= 15 is 0 Å². The van der Waals surface area contributed by atoms with Crippen LogP contribution >= 0.6 is 0 Å². The van der Waals surface area contributed by atoms with Crippen molar-refractivity contribution in [3.8, 4) is 11.5 Å². The molecule has 0 fully saturated rings. The highest BCUT2D eigenvalue weighted by molar-refractivity contribution is 6.02. The first-order valence-electron chi connectivity index (χ1n) is 8.87. The highest BCUT2D eigenvalue weighted by Gasteiger charge is 2.37. The van der Waals surface area contributed by atoms with E-state index in [-0.39, 0.29) is 24.3 Å². The molecule has 6 nitrogen and oxygen atoms in total. The van der Waals surface area contributed by atoms with Gasteiger partial charge in [0.1, 0.15) is 6.17 Å². The van der Waals surface area contributed by atoms with Gasteiger partial charge in [0.15, 0.2) is 11.5 Å². The molecule has 2 N–H and O–H groups in total. The Hall–Kier alpha value is -2.89. The third kappa shape index (κ3) is 2.29.